The number of pyridine rings is 1. The largest absolute Gasteiger partial charge is 0.504 e. The minimum Gasteiger partial charge on any atom is -0.504 e. The first-order chi connectivity index (χ1) is 12.8. The quantitative estimate of drug-likeness (QED) is 0.452. The number of carbonyl (C=O) groups excluding carboxylic acids is 2. The van der Waals surface area contributed by atoms with E-state index >= 15 is 0 Å². The Morgan fingerprint density at radius 2 is 2.04 bits per heavy atom. The first-order valence-corrected chi connectivity index (χ1v) is 11.2. The molecule has 0 atom stereocenters. The van der Waals surface area contributed by atoms with Crippen LogP contribution in [0.5, 0.6) is 5.75 Å². The maximum absolute atomic E-state index is 12.4. The SMILES string of the molecule is O=C(CNC(=O)c1nc(N2CCCCS2(O)O)cc(Br)c1O)NC1CCC1. The van der Waals surface area contributed by atoms with Crippen molar-refractivity contribution in [2.45, 2.75) is 38.1 Å². The van der Waals surface area contributed by atoms with Crippen molar-refractivity contribution in [1.82, 2.24) is 15.6 Å². The van der Waals surface area contributed by atoms with Crippen LogP contribution in [0.25, 0.3) is 0 Å². The van der Waals surface area contributed by atoms with E-state index in [1.54, 1.807) is 0 Å². The Bertz CT molecular complexity index is 744. The standard InChI is InChI=1S/C16H23BrN4O5S/c17-11-8-12(21-6-1-2-7-27(21,25)26)20-14(15(11)23)16(24)18-9-13(22)19-10-4-3-5-10/h8,10,23,25-26H,1-7,9H2,(H,18,24)(H,19,22). The second kappa shape index (κ2) is 8.21. The predicted molar refractivity (Wildman–Crippen MR) is 106 cm³/mol. The fourth-order valence-corrected chi connectivity index (χ4v) is 4.95. The lowest BCUT2D eigenvalue weighted by Crippen LogP contribution is -2.44. The van der Waals surface area contributed by atoms with Crippen molar-refractivity contribution in [3.05, 3.63) is 16.2 Å². The van der Waals surface area contributed by atoms with Crippen LogP contribution in [0.3, 0.4) is 0 Å². The van der Waals surface area contributed by atoms with Crippen molar-refractivity contribution in [1.29, 1.82) is 0 Å². The average Bonchev–Trinajstić information content (AvgIpc) is 2.58. The number of aromatic hydroxyl groups is 1. The maximum Gasteiger partial charge on any atom is 0.274 e. The number of rotatable bonds is 5. The highest BCUT2D eigenvalue weighted by atomic mass is 79.9. The zero-order valence-corrected chi connectivity index (χ0v) is 17.1. The van der Waals surface area contributed by atoms with Crippen molar-refractivity contribution >= 4 is 44.3 Å². The van der Waals surface area contributed by atoms with E-state index in [1.165, 1.54) is 10.4 Å². The molecule has 0 aromatic carbocycles. The lowest BCUT2D eigenvalue weighted by atomic mass is 9.93. The Kier molecular flexibility index (Phi) is 6.14. The number of hydrogen-bond donors (Lipinski definition) is 5. The van der Waals surface area contributed by atoms with Gasteiger partial charge in [-0.3, -0.25) is 23.0 Å². The molecule has 2 aliphatic rings. The van der Waals surface area contributed by atoms with Gasteiger partial charge < -0.3 is 15.7 Å². The van der Waals surface area contributed by atoms with Crippen LogP contribution in [-0.4, -0.2) is 55.9 Å². The Morgan fingerprint density at radius 1 is 1.30 bits per heavy atom. The normalized spacial score (nSPS) is 20.5. The Morgan fingerprint density at radius 3 is 2.67 bits per heavy atom. The van der Waals surface area contributed by atoms with E-state index in [9.17, 15) is 23.8 Å². The minimum absolute atomic E-state index is 0.169. The zero-order chi connectivity index (χ0) is 19.6. The molecular formula is C16H23BrN4O5S. The van der Waals surface area contributed by atoms with Crippen molar-refractivity contribution in [3.8, 4) is 5.75 Å². The number of halogens is 1. The first-order valence-electron chi connectivity index (χ1n) is 8.78. The molecule has 2 heterocycles. The molecule has 0 unspecified atom stereocenters. The zero-order valence-electron chi connectivity index (χ0n) is 14.7. The third-order valence-corrected chi connectivity index (χ3v) is 7.18. The number of nitrogens with zero attached hydrogens (tertiary/aromatic N) is 2. The van der Waals surface area contributed by atoms with Gasteiger partial charge in [0.25, 0.3) is 5.91 Å². The van der Waals surface area contributed by atoms with Gasteiger partial charge in [-0.15, -0.1) is 10.8 Å². The van der Waals surface area contributed by atoms with Gasteiger partial charge in [0.15, 0.2) is 11.4 Å². The lowest BCUT2D eigenvalue weighted by Gasteiger charge is -2.46. The lowest BCUT2D eigenvalue weighted by molar-refractivity contribution is -0.121. The fraction of sp³-hybridized carbons (Fsp3) is 0.562. The number of nitrogens with one attached hydrogen (secondary N) is 2. The highest BCUT2D eigenvalue weighted by Gasteiger charge is 2.30. The van der Waals surface area contributed by atoms with Gasteiger partial charge in [-0.1, -0.05) is 0 Å². The summed E-state index contributed by atoms with van der Waals surface area (Å²) >= 11 is 3.17. The van der Waals surface area contributed by atoms with Crippen molar-refractivity contribution in [2.75, 3.05) is 23.1 Å². The summed E-state index contributed by atoms with van der Waals surface area (Å²) in [5.74, 6) is -0.969. The van der Waals surface area contributed by atoms with E-state index in [-0.39, 0.29) is 46.0 Å². The molecule has 0 radical (unpaired) electrons. The van der Waals surface area contributed by atoms with Gasteiger partial charge in [0.2, 0.25) is 5.91 Å². The molecule has 27 heavy (non-hydrogen) atoms. The number of aromatic nitrogens is 1. The van der Waals surface area contributed by atoms with E-state index in [4.69, 9.17) is 0 Å². The highest BCUT2D eigenvalue weighted by molar-refractivity contribution is 9.10. The van der Waals surface area contributed by atoms with Gasteiger partial charge in [-0.05, 0) is 48.0 Å². The minimum atomic E-state index is -3.01. The van der Waals surface area contributed by atoms with Crippen molar-refractivity contribution < 1.29 is 23.8 Å². The van der Waals surface area contributed by atoms with Gasteiger partial charge in [0.05, 0.1) is 16.8 Å². The molecule has 0 bridgehead atoms. The molecule has 1 aromatic rings. The van der Waals surface area contributed by atoms with E-state index in [0.29, 0.717) is 13.0 Å². The summed E-state index contributed by atoms with van der Waals surface area (Å²) in [4.78, 5) is 28.4. The third kappa shape index (κ3) is 4.65. The fourth-order valence-electron chi connectivity index (χ4n) is 2.93. The second-order valence-electron chi connectivity index (χ2n) is 6.68. The van der Waals surface area contributed by atoms with E-state index in [2.05, 4.69) is 31.5 Å². The van der Waals surface area contributed by atoms with Gasteiger partial charge in [-0.25, -0.2) is 4.98 Å². The molecule has 2 fully saturated rings. The predicted octanol–water partition coefficient (Wildman–Crippen LogP) is 2.21. The molecule has 1 aliphatic carbocycles. The summed E-state index contributed by atoms with van der Waals surface area (Å²) < 4.78 is 22.1. The second-order valence-corrected chi connectivity index (χ2v) is 9.65. The molecule has 9 nitrogen and oxygen atoms in total. The molecule has 1 aromatic heterocycles. The molecule has 150 valence electrons. The average molecular weight is 463 g/mol. The van der Waals surface area contributed by atoms with Gasteiger partial charge in [-0.2, -0.15) is 0 Å². The van der Waals surface area contributed by atoms with Gasteiger partial charge >= 0.3 is 0 Å². The van der Waals surface area contributed by atoms with Crippen molar-refractivity contribution in [3.63, 3.8) is 0 Å². The van der Waals surface area contributed by atoms with E-state index in [0.717, 1.165) is 25.7 Å². The summed E-state index contributed by atoms with van der Waals surface area (Å²) in [5.41, 5.74) is -0.281. The number of anilines is 1. The van der Waals surface area contributed by atoms with Gasteiger partial charge in [0, 0.05) is 18.7 Å². The molecule has 1 saturated heterocycles. The molecule has 1 aliphatic heterocycles. The van der Waals surface area contributed by atoms with Crippen LogP contribution >= 0.6 is 26.7 Å². The summed E-state index contributed by atoms with van der Waals surface area (Å²) in [5, 5.41) is 15.4. The maximum atomic E-state index is 12.4. The third-order valence-electron chi connectivity index (χ3n) is 4.67. The number of amides is 2. The number of carbonyl (C=O) groups is 2. The van der Waals surface area contributed by atoms with Crippen LogP contribution in [-0.2, 0) is 4.79 Å². The van der Waals surface area contributed by atoms with Gasteiger partial charge in [0.1, 0.15) is 5.82 Å². The Balaban J connectivity index is 1.73. The number of hydrogen-bond acceptors (Lipinski definition) is 7. The Hall–Kier alpha value is -1.56. The van der Waals surface area contributed by atoms with E-state index in [1.807, 2.05) is 0 Å². The van der Waals surface area contributed by atoms with E-state index < -0.39 is 16.7 Å². The molecule has 2 amide bonds. The topological polar surface area (TPSA) is 135 Å². The molecule has 3 rings (SSSR count). The van der Waals surface area contributed by atoms with Crippen LogP contribution in [0.4, 0.5) is 5.82 Å². The molecule has 5 N–H and O–H groups in total. The summed E-state index contributed by atoms with van der Waals surface area (Å²) in [7, 11) is -3.01. The first kappa shape index (κ1) is 20.2. The Labute approximate surface area is 167 Å². The summed E-state index contributed by atoms with van der Waals surface area (Å²) in [6.07, 6.45) is 4.44. The van der Waals surface area contributed by atoms with Crippen LogP contribution in [0.2, 0.25) is 0 Å². The smallest absolute Gasteiger partial charge is 0.274 e. The van der Waals surface area contributed by atoms with Crippen LogP contribution in [0, 0.1) is 0 Å². The molecule has 1 saturated carbocycles. The van der Waals surface area contributed by atoms with Crippen LogP contribution in [0.15, 0.2) is 10.5 Å². The molecular weight excluding hydrogens is 440 g/mol. The van der Waals surface area contributed by atoms with Crippen LogP contribution in [0.1, 0.15) is 42.6 Å². The molecule has 0 spiro atoms. The molecule has 11 heteroatoms. The summed E-state index contributed by atoms with van der Waals surface area (Å²) in [6.45, 7) is 0.161. The summed E-state index contributed by atoms with van der Waals surface area (Å²) in [6, 6.07) is 1.61. The monoisotopic (exact) mass is 462 g/mol. The van der Waals surface area contributed by atoms with Crippen LogP contribution < -0.4 is 14.9 Å². The van der Waals surface area contributed by atoms with Crippen molar-refractivity contribution in [2.24, 2.45) is 0 Å². The highest BCUT2D eigenvalue weighted by Crippen LogP contribution is 2.49.